The van der Waals surface area contributed by atoms with Crippen LogP contribution in [0.3, 0.4) is 0 Å². The van der Waals surface area contributed by atoms with Crippen LogP contribution < -0.4 is 9.47 Å². The largest absolute Gasteiger partial charge is 0.426 e. The molecule has 7 aromatic rings. The minimum atomic E-state index is -0.320. The van der Waals surface area contributed by atoms with Crippen molar-refractivity contribution in [3.8, 4) is 33.8 Å². The van der Waals surface area contributed by atoms with E-state index in [4.69, 9.17) is 9.47 Å². The van der Waals surface area contributed by atoms with E-state index in [9.17, 15) is 19.2 Å². The van der Waals surface area contributed by atoms with Gasteiger partial charge >= 0.3 is 11.9 Å². The Labute approximate surface area is 453 Å². The van der Waals surface area contributed by atoms with Crippen LogP contribution in [0.2, 0.25) is 0 Å². The zero-order chi connectivity index (χ0) is 52.6. The van der Waals surface area contributed by atoms with Crippen LogP contribution in [0.15, 0.2) is 84.9 Å². The average Bonchev–Trinajstić information content (AvgIpc) is 3.62. The summed E-state index contributed by atoms with van der Waals surface area (Å²) in [5.41, 5.74) is 5.59. The van der Waals surface area contributed by atoms with E-state index in [1.165, 1.54) is 154 Å². The number of hydrogen-bond donors (Lipinski definition) is 0. The minimum absolute atomic E-state index is 0.0630. The second-order valence-electron chi connectivity index (χ2n) is 22.5. The van der Waals surface area contributed by atoms with Crippen LogP contribution in [0.25, 0.3) is 65.3 Å². The van der Waals surface area contributed by atoms with Crippen molar-refractivity contribution < 1.29 is 28.7 Å². The second kappa shape index (κ2) is 27.4. The first kappa shape index (κ1) is 54.9. The predicted octanol–water partition coefficient (Wildman–Crippen LogP) is 20.5. The molecular formula is C70H84O6. The van der Waals surface area contributed by atoms with Gasteiger partial charge < -0.3 is 9.47 Å². The summed E-state index contributed by atoms with van der Waals surface area (Å²) >= 11 is 0. The number of fused-ring (bicyclic) bond motifs is 6. The maximum absolute atomic E-state index is 14.4. The van der Waals surface area contributed by atoms with E-state index in [-0.39, 0.29) is 36.3 Å². The molecule has 76 heavy (non-hydrogen) atoms. The zero-order valence-electron chi connectivity index (χ0n) is 46.2. The van der Waals surface area contributed by atoms with Gasteiger partial charge in [0.05, 0.1) is 0 Å². The number of ketones is 2. The third-order valence-corrected chi connectivity index (χ3v) is 16.9. The Hall–Kier alpha value is -5.88. The number of hydrogen-bond acceptors (Lipinski definition) is 6. The molecule has 6 heteroatoms. The molecule has 0 bridgehead atoms. The highest BCUT2D eigenvalue weighted by Gasteiger charge is 2.34. The van der Waals surface area contributed by atoms with Crippen molar-refractivity contribution in [2.75, 3.05) is 0 Å². The van der Waals surface area contributed by atoms with Crippen LogP contribution in [0.1, 0.15) is 251 Å². The molecule has 2 aliphatic rings. The van der Waals surface area contributed by atoms with Gasteiger partial charge in [-0.1, -0.05) is 254 Å². The molecule has 0 saturated heterocycles. The van der Waals surface area contributed by atoms with Crippen molar-refractivity contribution >= 4 is 66.6 Å². The molecule has 400 valence electrons. The predicted molar refractivity (Wildman–Crippen MR) is 316 cm³/mol. The molecular weight excluding hydrogens is 937 g/mol. The summed E-state index contributed by atoms with van der Waals surface area (Å²) in [6, 6.07) is 27.1. The molecule has 0 aliphatic heterocycles. The van der Waals surface area contributed by atoms with Crippen molar-refractivity contribution in [3.05, 3.63) is 107 Å². The molecule has 0 N–H and O–H groups in total. The monoisotopic (exact) mass is 1020 g/mol. The van der Waals surface area contributed by atoms with Crippen molar-refractivity contribution in [1.29, 1.82) is 0 Å². The summed E-state index contributed by atoms with van der Waals surface area (Å²) in [5.74, 6) is -0.0348. The second-order valence-corrected chi connectivity index (χ2v) is 22.5. The Morgan fingerprint density at radius 3 is 0.908 bits per heavy atom. The van der Waals surface area contributed by atoms with E-state index in [1.54, 1.807) is 0 Å². The third-order valence-electron chi connectivity index (χ3n) is 16.9. The van der Waals surface area contributed by atoms with E-state index in [0.717, 1.165) is 93.1 Å². The molecule has 2 aliphatic carbocycles. The molecule has 7 aromatic carbocycles. The van der Waals surface area contributed by atoms with Gasteiger partial charge in [-0.3, -0.25) is 19.2 Å². The van der Waals surface area contributed by atoms with E-state index in [1.807, 2.05) is 84.9 Å². The van der Waals surface area contributed by atoms with Crippen LogP contribution >= 0.6 is 0 Å². The molecule has 0 saturated carbocycles. The van der Waals surface area contributed by atoms with Crippen LogP contribution in [0, 0.1) is 0 Å². The first-order valence-corrected chi connectivity index (χ1v) is 30.4. The van der Waals surface area contributed by atoms with E-state index in [0.29, 0.717) is 44.5 Å². The van der Waals surface area contributed by atoms with Crippen LogP contribution in [0.4, 0.5) is 0 Å². The molecule has 0 unspecified atom stereocenters. The fourth-order valence-electron chi connectivity index (χ4n) is 12.7. The smallest absolute Gasteiger partial charge is 0.311 e. The van der Waals surface area contributed by atoms with Gasteiger partial charge in [0.2, 0.25) is 0 Å². The Kier molecular flexibility index (Phi) is 19.8. The van der Waals surface area contributed by atoms with E-state index >= 15 is 0 Å². The SMILES string of the molecule is CCCCCCCCCCCCCCCCCC(=O)Oc1cc2c3c(ccc4c5ccc6c7c(cc(OC(=O)CCCCCCCCCCCCCCCCC)c(c1c34)c75)-c1ccccc1C6=O)C(=O)c1ccccc1-2. The van der Waals surface area contributed by atoms with Gasteiger partial charge in [-0.25, -0.2) is 0 Å². The fraction of sp³-hybridized carbons (Fsp3) is 0.486. The van der Waals surface area contributed by atoms with E-state index in [2.05, 4.69) is 13.8 Å². The molecule has 0 amide bonds. The van der Waals surface area contributed by atoms with Gasteiger partial charge in [0.25, 0.3) is 0 Å². The van der Waals surface area contributed by atoms with Gasteiger partial charge in [-0.2, -0.15) is 0 Å². The molecule has 0 heterocycles. The molecule has 6 nitrogen and oxygen atoms in total. The van der Waals surface area contributed by atoms with Gasteiger partial charge in [0.15, 0.2) is 11.6 Å². The molecule has 0 radical (unpaired) electrons. The highest BCUT2D eigenvalue weighted by atomic mass is 16.5. The molecule has 0 aromatic heterocycles. The topological polar surface area (TPSA) is 86.7 Å². The first-order chi connectivity index (χ1) is 37.4. The van der Waals surface area contributed by atoms with Crippen molar-refractivity contribution in [1.82, 2.24) is 0 Å². The van der Waals surface area contributed by atoms with E-state index < -0.39 is 0 Å². The van der Waals surface area contributed by atoms with Gasteiger partial charge in [-0.05, 0) is 70.1 Å². The Morgan fingerprint density at radius 1 is 0.303 bits per heavy atom. The summed E-state index contributed by atoms with van der Waals surface area (Å²) in [4.78, 5) is 57.3. The van der Waals surface area contributed by atoms with Gasteiger partial charge in [-0.15, -0.1) is 0 Å². The normalized spacial score (nSPS) is 12.6. The number of rotatable bonds is 34. The molecule has 0 atom stereocenters. The summed E-state index contributed by atoms with van der Waals surface area (Å²) < 4.78 is 13.2. The van der Waals surface area contributed by atoms with Crippen LogP contribution in [-0.4, -0.2) is 23.5 Å². The summed E-state index contributed by atoms with van der Waals surface area (Å²) in [6.07, 6.45) is 37.8. The van der Waals surface area contributed by atoms with Gasteiger partial charge in [0.1, 0.15) is 11.5 Å². The van der Waals surface area contributed by atoms with Crippen molar-refractivity contribution in [3.63, 3.8) is 0 Å². The Morgan fingerprint density at radius 2 is 0.592 bits per heavy atom. The zero-order valence-corrected chi connectivity index (χ0v) is 46.2. The maximum atomic E-state index is 14.4. The minimum Gasteiger partial charge on any atom is -0.426 e. The lowest BCUT2D eigenvalue weighted by Gasteiger charge is -2.27. The number of ether oxygens (including phenoxy) is 2. The average molecular weight is 1020 g/mol. The van der Waals surface area contributed by atoms with Crippen molar-refractivity contribution in [2.45, 2.75) is 219 Å². The fourth-order valence-corrected chi connectivity index (χ4v) is 12.7. The lowest BCUT2D eigenvalue weighted by atomic mass is 9.76. The quantitative estimate of drug-likeness (QED) is 0.0131. The lowest BCUT2D eigenvalue weighted by Crippen LogP contribution is -2.14. The molecule has 9 rings (SSSR count). The number of benzene rings is 7. The van der Waals surface area contributed by atoms with Gasteiger partial charge in [0, 0.05) is 67.4 Å². The number of carbonyl (C=O) groups excluding carboxylic acids is 4. The third kappa shape index (κ3) is 12.6. The highest BCUT2D eigenvalue weighted by Crippen LogP contribution is 2.55. The highest BCUT2D eigenvalue weighted by molar-refractivity contribution is 6.43. The summed E-state index contributed by atoms with van der Waals surface area (Å²) in [6.45, 7) is 4.55. The summed E-state index contributed by atoms with van der Waals surface area (Å²) in [5, 5.41) is 6.12. The number of carbonyl (C=O) groups is 4. The molecule has 0 spiro atoms. The Bertz CT molecular complexity index is 2910. The maximum Gasteiger partial charge on any atom is 0.311 e. The molecule has 0 fully saturated rings. The number of unbranched alkanes of at least 4 members (excludes halogenated alkanes) is 28. The Balaban J connectivity index is 0.965. The summed E-state index contributed by atoms with van der Waals surface area (Å²) in [7, 11) is 0. The van der Waals surface area contributed by atoms with Crippen LogP contribution in [0.5, 0.6) is 11.5 Å². The first-order valence-electron chi connectivity index (χ1n) is 30.4. The standard InChI is InChI=1S/C70H84O6/c1-3-5-7-9-11-13-15-17-19-21-23-25-27-29-31-41-61(71)75-59-47-57-49-37-33-35-39-53(49)69(73)55-45-43-51-52-44-46-56-64-58(50-38-34-36-40-54(50)70(56)74)48-60(68(66(52)64)67(59)65(51)63(55)57)76-62(72)42-32-30-28-26-24-22-20-18-16-14-12-10-8-6-4-2/h33-40,43-48H,3-32,41-42H2,1-2H3. The lowest BCUT2D eigenvalue weighted by molar-refractivity contribution is -0.135. The van der Waals surface area contributed by atoms with Crippen LogP contribution in [-0.2, 0) is 9.59 Å². The number of esters is 2. The van der Waals surface area contributed by atoms with Crippen molar-refractivity contribution in [2.24, 2.45) is 0 Å².